The number of hydrogen-bond donors (Lipinski definition) is 1. The van der Waals surface area contributed by atoms with Crippen molar-refractivity contribution in [2.45, 2.75) is 26.0 Å². The highest BCUT2D eigenvalue weighted by Crippen LogP contribution is 2.24. The van der Waals surface area contributed by atoms with E-state index in [9.17, 15) is 4.79 Å². The minimum Gasteiger partial charge on any atom is -0.477 e. The minimum absolute atomic E-state index is 0.224. The number of ether oxygens (including phenoxy) is 1. The normalized spacial score (nSPS) is 24.9. The molecule has 0 saturated carbocycles. The third kappa shape index (κ3) is 2.40. The van der Waals surface area contributed by atoms with E-state index >= 15 is 0 Å². The predicted octanol–water partition coefficient (Wildman–Crippen LogP) is 2.22. The van der Waals surface area contributed by atoms with Gasteiger partial charge in [0.05, 0.1) is 6.10 Å². The standard InChI is InChI=1S/C11H14INO3/c1-7-8(2-3-16-7)5-13-6-9(12)4-10(13)11(14)15/h4,6-8H,2-3,5H2,1H3,(H,14,15). The van der Waals surface area contributed by atoms with Crippen LogP contribution in [0.2, 0.25) is 0 Å². The van der Waals surface area contributed by atoms with Crippen LogP contribution in [0, 0.1) is 9.49 Å². The topological polar surface area (TPSA) is 51.5 Å². The van der Waals surface area contributed by atoms with Crippen molar-refractivity contribution in [2.75, 3.05) is 6.61 Å². The molecule has 2 atom stereocenters. The fourth-order valence-corrected chi connectivity index (χ4v) is 2.70. The molecule has 2 heterocycles. The second kappa shape index (κ2) is 4.75. The average molecular weight is 335 g/mol. The predicted molar refractivity (Wildman–Crippen MR) is 67.6 cm³/mol. The summed E-state index contributed by atoms with van der Waals surface area (Å²) in [6, 6.07) is 1.70. The van der Waals surface area contributed by atoms with Gasteiger partial charge in [0.15, 0.2) is 0 Å². The van der Waals surface area contributed by atoms with Gasteiger partial charge in [0, 0.05) is 28.8 Å². The molecule has 88 valence electrons. The molecule has 0 aliphatic carbocycles. The zero-order valence-corrected chi connectivity index (χ0v) is 11.2. The molecule has 0 spiro atoms. The quantitative estimate of drug-likeness (QED) is 0.862. The van der Waals surface area contributed by atoms with Gasteiger partial charge < -0.3 is 14.4 Å². The van der Waals surface area contributed by atoms with Gasteiger partial charge in [-0.2, -0.15) is 0 Å². The fraction of sp³-hybridized carbons (Fsp3) is 0.545. The molecule has 1 fully saturated rings. The molecule has 2 unspecified atom stereocenters. The van der Waals surface area contributed by atoms with Crippen molar-refractivity contribution in [3.63, 3.8) is 0 Å². The van der Waals surface area contributed by atoms with Gasteiger partial charge in [-0.3, -0.25) is 0 Å². The van der Waals surface area contributed by atoms with Gasteiger partial charge in [0.25, 0.3) is 0 Å². The zero-order chi connectivity index (χ0) is 11.7. The lowest BCUT2D eigenvalue weighted by molar-refractivity contribution is 0.0679. The number of nitrogens with zero attached hydrogens (tertiary/aromatic N) is 1. The molecule has 0 bridgehead atoms. The number of carboxylic acid groups (broad SMARTS) is 1. The third-order valence-electron chi connectivity index (χ3n) is 3.05. The van der Waals surface area contributed by atoms with E-state index in [-0.39, 0.29) is 6.10 Å². The Morgan fingerprint density at radius 3 is 3.06 bits per heavy atom. The Kier molecular flexibility index (Phi) is 3.53. The van der Waals surface area contributed by atoms with Crippen LogP contribution < -0.4 is 0 Å². The van der Waals surface area contributed by atoms with Crippen molar-refractivity contribution >= 4 is 28.6 Å². The van der Waals surface area contributed by atoms with Crippen molar-refractivity contribution in [1.29, 1.82) is 0 Å². The minimum atomic E-state index is -0.866. The van der Waals surface area contributed by atoms with E-state index in [0.717, 1.165) is 23.1 Å². The molecular weight excluding hydrogens is 321 g/mol. The molecule has 16 heavy (non-hydrogen) atoms. The largest absolute Gasteiger partial charge is 0.477 e. The highest BCUT2D eigenvalue weighted by atomic mass is 127. The van der Waals surface area contributed by atoms with Crippen molar-refractivity contribution in [2.24, 2.45) is 5.92 Å². The van der Waals surface area contributed by atoms with Gasteiger partial charge in [-0.25, -0.2) is 4.79 Å². The van der Waals surface area contributed by atoms with Gasteiger partial charge in [-0.05, 0) is 42.0 Å². The third-order valence-corrected chi connectivity index (χ3v) is 3.64. The second-order valence-electron chi connectivity index (χ2n) is 4.13. The van der Waals surface area contributed by atoms with Crippen LogP contribution in [0.15, 0.2) is 12.3 Å². The van der Waals surface area contributed by atoms with E-state index < -0.39 is 5.97 Å². The first-order valence-corrected chi connectivity index (χ1v) is 6.36. The molecule has 0 radical (unpaired) electrons. The Hall–Kier alpha value is -0.560. The molecule has 5 heteroatoms. The summed E-state index contributed by atoms with van der Waals surface area (Å²) in [5.41, 5.74) is 0.364. The maximum atomic E-state index is 11.0. The fourth-order valence-electron chi connectivity index (χ4n) is 2.07. The highest BCUT2D eigenvalue weighted by molar-refractivity contribution is 14.1. The number of aromatic nitrogens is 1. The summed E-state index contributed by atoms with van der Waals surface area (Å²) in [5, 5.41) is 9.06. The Bertz CT molecular complexity index is 402. The van der Waals surface area contributed by atoms with Crippen molar-refractivity contribution in [1.82, 2.24) is 4.57 Å². The van der Waals surface area contributed by atoms with Gasteiger partial charge in [-0.1, -0.05) is 0 Å². The van der Waals surface area contributed by atoms with Crippen LogP contribution in [-0.2, 0) is 11.3 Å². The van der Waals surface area contributed by atoms with Gasteiger partial charge in [0.1, 0.15) is 5.69 Å². The number of halogens is 1. The summed E-state index contributed by atoms with van der Waals surface area (Å²) in [5.74, 6) is -0.448. The number of aromatic carboxylic acids is 1. The van der Waals surface area contributed by atoms with Crippen molar-refractivity contribution < 1.29 is 14.6 Å². The molecule has 1 aliphatic heterocycles. The summed E-state index contributed by atoms with van der Waals surface area (Å²) >= 11 is 2.14. The van der Waals surface area contributed by atoms with Crippen LogP contribution in [0.25, 0.3) is 0 Å². The molecule has 1 aromatic rings. The van der Waals surface area contributed by atoms with E-state index in [1.54, 1.807) is 6.07 Å². The van der Waals surface area contributed by atoms with Crippen molar-refractivity contribution in [3.8, 4) is 0 Å². The Morgan fingerprint density at radius 2 is 2.50 bits per heavy atom. The molecule has 2 rings (SSSR count). The lowest BCUT2D eigenvalue weighted by atomic mass is 10.0. The lowest BCUT2D eigenvalue weighted by Crippen LogP contribution is -2.19. The van der Waals surface area contributed by atoms with Gasteiger partial charge in [-0.15, -0.1) is 0 Å². The van der Waals surface area contributed by atoms with E-state index in [1.807, 2.05) is 17.7 Å². The molecular formula is C11H14INO3. The smallest absolute Gasteiger partial charge is 0.352 e. The maximum Gasteiger partial charge on any atom is 0.352 e. The van der Waals surface area contributed by atoms with Crippen LogP contribution in [0.4, 0.5) is 0 Å². The first kappa shape index (κ1) is 11.9. The molecule has 1 aromatic heterocycles. The maximum absolute atomic E-state index is 11.0. The lowest BCUT2D eigenvalue weighted by Gasteiger charge is -2.15. The number of carboxylic acids is 1. The summed E-state index contributed by atoms with van der Waals surface area (Å²) in [7, 11) is 0. The van der Waals surface area contributed by atoms with Crippen LogP contribution in [-0.4, -0.2) is 28.4 Å². The first-order valence-electron chi connectivity index (χ1n) is 5.28. The number of hydrogen-bond acceptors (Lipinski definition) is 2. The summed E-state index contributed by atoms with van der Waals surface area (Å²) < 4.78 is 8.26. The van der Waals surface area contributed by atoms with E-state index in [1.165, 1.54) is 0 Å². The van der Waals surface area contributed by atoms with Gasteiger partial charge in [0.2, 0.25) is 0 Å². The molecule has 0 aromatic carbocycles. The monoisotopic (exact) mass is 335 g/mol. The van der Waals surface area contributed by atoms with Gasteiger partial charge >= 0.3 is 5.97 Å². The Labute approximate surface area is 108 Å². The molecule has 4 nitrogen and oxygen atoms in total. The highest BCUT2D eigenvalue weighted by Gasteiger charge is 2.25. The number of rotatable bonds is 3. The van der Waals surface area contributed by atoms with E-state index in [4.69, 9.17) is 9.84 Å². The zero-order valence-electron chi connectivity index (χ0n) is 9.02. The SMILES string of the molecule is CC1OCCC1Cn1cc(I)cc1C(=O)O. The molecule has 1 N–H and O–H groups in total. The van der Waals surface area contributed by atoms with Crippen LogP contribution in [0.5, 0.6) is 0 Å². The van der Waals surface area contributed by atoms with Crippen LogP contribution >= 0.6 is 22.6 Å². The molecule has 1 aliphatic rings. The van der Waals surface area contributed by atoms with Crippen LogP contribution in [0.3, 0.4) is 0 Å². The Morgan fingerprint density at radius 1 is 1.75 bits per heavy atom. The second-order valence-corrected chi connectivity index (χ2v) is 5.37. The van der Waals surface area contributed by atoms with E-state index in [0.29, 0.717) is 11.6 Å². The van der Waals surface area contributed by atoms with E-state index in [2.05, 4.69) is 22.6 Å². The first-order chi connectivity index (χ1) is 7.58. The van der Waals surface area contributed by atoms with Crippen LogP contribution in [0.1, 0.15) is 23.8 Å². The summed E-state index contributed by atoms with van der Waals surface area (Å²) in [6.07, 6.45) is 3.12. The molecule has 1 saturated heterocycles. The number of carbonyl (C=O) groups is 1. The molecule has 0 amide bonds. The summed E-state index contributed by atoms with van der Waals surface area (Å²) in [6.45, 7) is 3.56. The average Bonchev–Trinajstić information content (AvgIpc) is 2.75. The summed E-state index contributed by atoms with van der Waals surface area (Å²) in [4.78, 5) is 11.0. The van der Waals surface area contributed by atoms with Crippen molar-refractivity contribution in [3.05, 3.63) is 21.5 Å². The Balaban J connectivity index is 2.17.